The lowest BCUT2D eigenvalue weighted by Crippen LogP contribution is -2.13. The van der Waals surface area contributed by atoms with Gasteiger partial charge in [-0.05, 0) is 46.6 Å². The summed E-state index contributed by atoms with van der Waals surface area (Å²) in [6.07, 6.45) is 3.27. The van der Waals surface area contributed by atoms with E-state index in [0.717, 1.165) is 15.6 Å². The number of amides is 1. The van der Waals surface area contributed by atoms with E-state index in [2.05, 4.69) is 36.4 Å². The number of nitrogens with one attached hydrogen (secondary N) is 2. The van der Waals surface area contributed by atoms with E-state index >= 15 is 0 Å². The Labute approximate surface area is 123 Å². The summed E-state index contributed by atoms with van der Waals surface area (Å²) in [6, 6.07) is 7.51. The minimum atomic E-state index is -0.270. The van der Waals surface area contributed by atoms with Crippen molar-refractivity contribution >= 4 is 38.4 Å². The Morgan fingerprint density at radius 3 is 3.00 bits per heavy atom. The number of H-pyrrole nitrogens is 1. The van der Waals surface area contributed by atoms with Crippen molar-refractivity contribution < 1.29 is 4.79 Å². The summed E-state index contributed by atoms with van der Waals surface area (Å²) in [7, 11) is 0. The van der Waals surface area contributed by atoms with Crippen molar-refractivity contribution in [1.29, 1.82) is 0 Å². The molecule has 1 aromatic carbocycles. The second-order valence-electron chi connectivity index (χ2n) is 4.43. The Balaban J connectivity index is 1.93. The van der Waals surface area contributed by atoms with Gasteiger partial charge in [0.25, 0.3) is 5.91 Å². The van der Waals surface area contributed by atoms with Crippen molar-refractivity contribution in [3.8, 4) is 0 Å². The van der Waals surface area contributed by atoms with Gasteiger partial charge < -0.3 is 5.32 Å². The molecule has 0 aliphatic heterocycles. The molecule has 100 valence electrons. The lowest BCUT2D eigenvalue weighted by molar-refractivity contribution is 0.102. The van der Waals surface area contributed by atoms with Crippen LogP contribution in [0.5, 0.6) is 0 Å². The Morgan fingerprint density at radius 1 is 1.35 bits per heavy atom. The maximum atomic E-state index is 12.3. The van der Waals surface area contributed by atoms with E-state index in [-0.39, 0.29) is 5.91 Å². The Morgan fingerprint density at radius 2 is 2.20 bits per heavy atom. The predicted molar refractivity (Wildman–Crippen MR) is 80.7 cm³/mol. The number of halogens is 1. The van der Waals surface area contributed by atoms with Crippen LogP contribution in [0.4, 0.5) is 5.69 Å². The lowest BCUT2D eigenvalue weighted by Gasteiger charge is -2.06. The maximum Gasteiger partial charge on any atom is 0.276 e. The molecule has 0 unspecified atom stereocenters. The fourth-order valence-corrected chi connectivity index (χ4v) is 2.53. The summed E-state index contributed by atoms with van der Waals surface area (Å²) >= 11 is 3.43. The zero-order valence-electron chi connectivity index (χ0n) is 10.6. The molecular weight excluding hydrogens is 320 g/mol. The molecule has 0 spiro atoms. The van der Waals surface area contributed by atoms with Gasteiger partial charge in [-0.3, -0.25) is 14.9 Å². The van der Waals surface area contributed by atoms with E-state index in [0.29, 0.717) is 16.8 Å². The van der Waals surface area contributed by atoms with Gasteiger partial charge in [0, 0.05) is 16.9 Å². The van der Waals surface area contributed by atoms with Gasteiger partial charge in [-0.1, -0.05) is 6.07 Å². The van der Waals surface area contributed by atoms with Gasteiger partial charge >= 0.3 is 0 Å². The van der Waals surface area contributed by atoms with Crippen molar-refractivity contribution in [2.24, 2.45) is 0 Å². The van der Waals surface area contributed by atoms with Gasteiger partial charge in [-0.25, -0.2) is 0 Å². The fraction of sp³-hybridized carbons (Fsp3) is 0.0714. The first-order valence-corrected chi connectivity index (χ1v) is 6.80. The van der Waals surface area contributed by atoms with Gasteiger partial charge in [0.05, 0.1) is 16.6 Å². The number of fused-ring (bicyclic) bond motifs is 1. The molecule has 1 amide bonds. The topological polar surface area (TPSA) is 70.7 Å². The van der Waals surface area contributed by atoms with Gasteiger partial charge in [0.1, 0.15) is 0 Å². The first-order chi connectivity index (χ1) is 9.65. The van der Waals surface area contributed by atoms with Crippen molar-refractivity contribution in [2.75, 3.05) is 5.32 Å². The standard InChI is InChI=1S/C14H11BrN4O/c1-8-2-3-12(10(15)6-8)17-14(20)13-9-7-16-5-4-11(9)18-19-13/h2-7H,1H3,(H,17,20)(H,18,19). The van der Waals surface area contributed by atoms with Crippen LogP contribution >= 0.6 is 15.9 Å². The molecule has 0 aliphatic carbocycles. The maximum absolute atomic E-state index is 12.3. The molecule has 20 heavy (non-hydrogen) atoms. The minimum Gasteiger partial charge on any atom is -0.320 e. The number of hydrogen-bond donors (Lipinski definition) is 2. The number of aromatic nitrogens is 3. The third-order valence-electron chi connectivity index (χ3n) is 2.95. The quantitative estimate of drug-likeness (QED) is 0.757. The van der Waals surface area contributed by atoms with Crippen LogP contribution in [-0.4, -0.2) is 21.1 Å². The van der Waals surface area contributed by atoms with Crippen LogP contribution in [-0.2, 0) is 0 Å². The number of pyridine rings is 1. The van der Waals surface area contributed by atoms with Gasteiger partial charge in [0.2, 0.25) is 0 Å². The average Bonchev–Trinajstić information content (AvgIpc) is 2.86. The molecule has 3 rings (SSSR count). The third-order valence-corrected chi connectivity index (χ3v) is 3.61. The molecule has 0 saturated heterocycles. The van der Waals surface area contributed by atoms with Crippen molar-refractivity contribution in [3.63, 3.8) is 0 Å². The number of benzene rings is 1. The number of aromatic amines is 1. The van der Waals surface area contributed by atoms with Crippen LogP contribution in [0.25, 0.3) is 10.9 Å². The molecule has 2 N–H and O–H groups in total. The first kappa shape index (κ1) is 12.8. The molecule has 0 fully saturated rings. The number of nitrogens with zero attached hydrogens (tertiary/aromatic N) is 2. The van der Waals surface area contributed by atoms with Gasteiger partial charge in [-0.2, -0.15) is 5.10 Å². The molecule has 6 heteroatoms. The van der Waals surface area contributed by atoms with E-state index in [1.165, 1.54) is 0 Å². The molecule has 0 saturated carbocycles. The largest absolute Gasteiger partial charge is 0.320 e. The zero-order valence-corrected chi connectivity index (χ0v) is 12.2. The van der Waals surface area contributed by atoms with Crippen molar-refractivity contribution in [1.82, 2.24) is 15.2 Å². The Hall–Kier alpha value is -2.21. The molecule has 2 aromatic heterocycles. The number of anilines is 1. The Bertz CT molecular complexity index is 797. The summed E-state index contributed by atoms with van der Waals surface area (Å²) in [6.45, 7) is 1.99. The second kappa shape index (κ2) is 5.05. The number of carbonyl (C=O) groups is 1. The Kier molecular flexibility index (Phi) is 3.23. The average molecular weight is 331 g/mol. The van der Waals surface area contributed by atoms with Crippen LogP contribution in [0.2, 0.25) is 0 Å². The van der Waals surface area contributed by atoms with Gasteiger partial charge in [-0.15, -0.1) is 0 Å². The molecular formula is C14H11BrN4O. The lowest BCUT2D eigenvalue weighted by atomic mass is 10.2. The van der Waals surface area contributed by atoms with Gasteiger partial charge in [0.15, 0.2) is 5.69 Å². The summed E-state index contributed by atoms with van der Waals surface area (Å²) in [4.78, 5) is 16.3. The highest BCUT2D eigenvalue weighted by Gasteiger charge is 2.15. The summed E-state index contributed by atoms with van der Waals surface area (Å²) in [5.74, 6) is -0.270. The van der Waals surface area contributed by atoms with E-state index in [4.69, 9.17) is 0 Å². The normalized spacial score (nSPS) is 10.7. The first-order valence-electron chi connectivity index (χ1n) is 6.01. The molecule has 0 atom stereocenters. The van der Waals surface area contributed by atoms with Crippen LogP contribution in [0.15, 0.2) is 41.1 Å². The van der Waals surface area contributed by atoms with E-state index in [9.17, 15) is 4.79 Å². The SMILES string of the molecule is Cc1ccc(NC(=O)c2n[nH]c3ccncc23)c(Br)c1. The monoisotopic (exact) mass is 330 g/mol. The van der Waals surface area contributed by atoms with E-state index < -0.39 is 0 Å². The van der Waals surface area contributed by atoms with E-state index in [1.807, 2.05) is 25.1 Å². The molecule has 0 aliphatic rings. The zero-order chi connectivity index (χ0) is 14.1. The molecule has 0 radical (unpaired) electrons. The number of carbonyl (C=O) groups excluding carboxylic acids is 1. The summed E-state index contributed by atoms with van der Waals surface area (Å²) in [5.41, 5.74) is 2.94. The van der Waals surface area contributed by atoms with Crippen LogP contribution < -0.4 is 5.32 Å². The van der Waals surface area contributed by atoms with Crippen LogP contribution in [0.1, 0.15) is 16.1 Å². The predicted octanol–water partition coefficient (Wildman–Crippen LogP) is 3.28. The molecule has 2 heterocycles. The highest BCUT2D eigenvalue weighted by molar-refractivity contribution is 9.10. The molecule has 0 bridgehead atoms. The van der Waals surface area contributed by atoms with E-state index in [1.54, 1.807) is 18.5 Å². The number of rotatable bonds is 2. The summed E-state index contributed by atoms with van der Waals surface area (Å²) < 4.78 is 0.837. The molecule has 3 aromatic rings. The fourth-order valence-electron chi connectivity index (χ4n) is 1.93. The van der Waals surface area contributed by atoms with Crippen LogP contribution in [0.3, 0.4) is 0 Å². The smallest absolute Gasteiger partial charge is 0.276 e. The highest BCUT2D eigenvalue weighted by atomic mass is 79.9. The van der Waals surface area contributed by atoms with Crippen molar-refractivity contribution in [3.05, 3.63) is 52.4 Å². The minimum absolute atomic E-state index is 0.270. The second-order valence-corrected chi connectivity index (χ2v) is 5.29. The highest BCUT2D eigenvalue weighted by Crippen LogP contribution is 2.24. The van der Waals surface area contributed by atoms with Crippen LogP contribution in [0, 0.1) is 6.92 Å². The third kappa shape index (κ3) is 2.30. The molecule has 5 nitrogen and oxygen atoms in total. The number of hydrogen-bond acceptors (Lipinski definition) is 3. The van der Waals surface area contributed by atoms with Crippen molar-refractivity contribution in [2.45, 2.75) is 6.92 Å². The number of aryl methyl sites for hydroxylation is 1. The summed E-state index contributed by atoms with van der Waals surface area (Å²) in [5, 5.41) is 10.4.